The van der Waals surface area contributed by atoms with Crippen LogP contribution in [0.25, 0.3) is 0 Å². The van der Waals surface area contributed by atoms with Crippen molar-refractivity contribution in [3.8, 4) is 0 Å². The largest absolute Gasteiger partial charge is 0.478 e. The van der Waals surface area contributed by atoms with E-state index in [1.807, 2.05) is 13.0 Å². The Morgan fingerprint density at radius 1 is 1.50 bits per heavy atom. The number of hydrogen-bond acceptors (Lipinski definition) is 1. The zero-order valence-electron chi connectivity index (χ0n) is 8.50. The Morgan fingerprint density at radius 2 is 2.21 bits per heavy atom. The molecule has 1 aromatic rings. The average Bonchev–Trinajstić information content (AvgIpc) is 2.49. The highest BCUT2D eigenvalue weighted by molar-refractivity contribution is 5.90. The highest BCUT2D eigenvalue weighted by atomic mass is 16.4. The van der Waals surface area contributed by atoms with Crippen molar-refractivity contribution in [3.05, 3.63) is 34.4 Å². The van der Waals surface area contributed by atoms with Gasteiger partial charge in [-0.05, 0) is 48.4 Å². The second-order valence-corrected chi connectivity index (χ2v) is 4.05. The van der Waals surface area contributed by atoms with Gasteiger partial charge in [-0.2, -0.15) is 0 Å². The van der Waals surface area contributed by atoms with Crippen LogP contribution in [0.4, 0.5) is 0 Å². The molecule has 0 heterocycles. The SMILES string of the molecule is Cc1c(C(=O)O)ccc2c1CCC2C. The number of aromatic carboxylic acids is 1. The molecule has 0 fully saturated rings. The summed E-state index contributed by atoms with van der Waals surface area (Å²) in [6.45, 7) is 4.12. The number of fused-ring (bicyclic) bond motifs is 1. The zero-order valence-corrected chi connectivity index (χ0v) is 8.50. The first-order chi connectivity index (χ1) is 6.61. The predicted molar refractivity (Wildman–Crippen MR) is 54.9 cm³/mol. The Morgan fingerprint density at radius 3 is 2.86 bits per heavy atom. The number of carbonyl (C=O) groups is 1. The van der Waals surface area contributed by atoms with Gasteiger partial charge < -0.3 is 5.11 Å². The van der Waals surface area contributed by atoms with Gasteiger partial charge in [-0.1, -0.05) is 13.0 Å². The van der Waals surface area contributed by atoms with E-state index in [2.05, 4.69) is 6.92 Å². The minimum absolute atomic E-state index is 0.456. The van der Waals surface area contributed by atoms with Crippen LogP contribution in [0, 0.1) is 6.92 Å². The molecule has 1 atom stereocenters. The molecule has 0 aliphatic heterocycles. The van der Waals surface area contributed by atoms with Gasteiger partial charge >= 0.3 is 5.97 Å². The molecule has 0 spiro atoms. The van der Waals surface area contributed by atoms with Gasteiger partial charge in [-0.15, -0.1) is 0 Å². The van der Waals surface area contributed by atoms with E-state index < -0.39 is 5.97 Å². The normalized spacial score (nSPS) is 19.4. The third-order valence-electron chi connectivity index (χ3n) is 3.22. The van der Waals surface area contributed by atoms with Crippen molar-refractivity contribution in [2.45, 2.75) is 32.6 Å². The van der Waals surface area contributed by atoms with Crippen LogP contribution in [-0.2, 0) is 6.42 Å². The van der Waals surface area contributed by atoms with Crippen molar-refractivity contribution in [2.75, 3.05) is 0 Å². The molecule has 2 rings (SSSR count). The van der Waals surface area contributed by atoms with E-state index in [-0.39, 0.29) is 0 Å². The van der Waals surface area contributed by atoms with Gasteiger partial charge in [0, 0.05) is 0 Å². The van der Waals surface area contributed by atoms with Crippen LogP contribution in [0.5, 0.6) is 0 Å². The fourth-order valence-electron chi connectivity index (χ4n) is 2.32. The van der Waals surface area contributed by atoms with Gasteiger partial charge in [0.25, 0.3) is 0 Å². The van der Waals surface area contributed by atoms with Gasteiger partial charge in [0.15, 0.2) is 0 Å². The van der Waals surface area contributed by atoms with E-state index in [9.17, 15) is 4.79 Å². The smallest absolute Gasteiger partial charge is 0.335 e. The molecule has 2 nitrogen and oxygen atoms in total. The van der Waals surface area contributed by atoms with Crippen LogP contribution in [-0.4, -0.2) is 11.1 Å². The number of carboxylic acid groups (broad SMARTS) is 1. The third kappa shape index (κ3) is 1.22. The lowest BCUT2D eigenvalue weighted by Gasteiger charge is -2.09. The van der Waals surface area contributed by atoms with Gasteiger partial charge in [-0.25, -0.2) is 4.79 Å². The summed E-state index contributed by atoms with van der Waals surface area (Å²) in [6, 6.07) is 3.71. The molecular weight excluding hydrogens is 176 g/mol. The first-order valence-electron chi connectivity index (χ1n) is 4.97. The molecule has 0 amide bonds. The van der Waals surface area contributed by atoms with Gasteiger partial charge in [0.1, 0.15) is 0 Å². The number of carboxylic acids is 1. The lowest BCUT2D eigenvalue weighted by Crippen LogP contribution is -2.02. The van der Waals surface area contributed by atoms with Crippen molar-refractivity contribution in [1.82, 2.24) is 0 Å². The molecule has 1 aromatic carbocycles. The zero-order chi connectivity index (χ0) is 10.3. The van der Waals surface area contributed by atoms with Crippen LogP contribution in [0.1, 0.15) is 46.3 Å². The van der Waals surface area contributed by atoms with Gasteiger partial charge in [-0.3, -0.25) is 0 Å². The first kappa shape index (κ1) is 9.25. The second-order valence-electron chi connectivity index (χ2n) is 4.05. The number of benzene rings is 1. The summed E-state index contributed by atoms with van der Waals surface area (Å²) in [4.78, 5) is 10.9. The molecule has 74 valence electrons. The maximum absolute atomic E-state index is 10.9. The molecule has 0 saturated heterocycles. The molecular formula is C12H14O2. The Bertz CT molecular complexity index is 394. The standard InChI is InChI=1S/C12H14O2/c1-7-3-4-10-8(2)11(12(13)14)6-5-9(7)10/h5-7H,3-4H2,1-2H3,(H,13,14). The molecule has 0 saturated carbocycles. The molecule has 1 aliphatic carbocycles. The Hall–Kier alpha value is -1.31. The van der Waals surface area contributed by atoms with Crippen molar-refractivity contribution >= 4 is 5.97 Å². The van der Waals surface area contributed by atoms with Crippen LogP contribution >= 0.6 is 0 Å². The van der Waals surface area contributed by atoms with Crippen LogP contribution in [0.3, 0.4) is 0 Å². The summed E-state index contributed by atoms with van der Waals surface area (Å²) in [6.07, 6.45) is 2.18. The van der Waals surface area contributed by atoms with E-state index >= 15 is 0 Å². The van der Waals surface area contributed by atoms with Crippen LogP contribution < -0.4 is 0 Å². The predicted octanol–water partition coefficient (Wildman–Crippen LogP) is 2.74. The van der Waals surface area contributed by atoms with Gasteiger partial charge in [0.05, 0.1) is 5.56 Å². The summed E-state index contributed by atoms with van der Waals surface area (Å²) in [5.41, 5.74) is 4.02. The fraction of sp³-hybridized carbons (Fsp3) is 0.417. The van der Waals surface area contributed by atoms with E-state index in [4.69, 9.17) is 5.11 Å². The molecule has 1 unspecified atom stereocenters. The van der Waals surface area contributed by atoms with Crippen LogP contribution in [0.2, 0.25) is 0 Å². The first-order valence-corrected chi connectivity index (χ1v) is 4.97. The van der Waals surface area contributed by atoms with E-state index in [0.717, 1.165) is 18.4 Å². The van der Waals surface area contributed by atoms with Crippen molar-refractivity contribution in [3.63, 3.8) is 0 Å². The van der Waals surface area contributed by atoms with Crippen LogP contribution in [0.15, 0.2) is 12.1 Å². The quantitative estimate of drug-likeness (QED) is 0.739. The molecule has 0 aromatic heterocycles. The van der Waals surface area contributed by atoms with Crippen molar-refractivity contribution in [2.24, 2.45) is 0 Å². The monoisotopic (exact) mass is 190 g/mol. The molecule has 0 bridgehead atoms. The lowest BCUT2D eigenvalue weighted by molar-refractivity contribution is 0.0696. The summed E-state index contributed by atoms with van der Waals surface area (Å²) in [7, 11) is 0. The summed E-state index contributed by atoms with van der Waals surface area (Å²) >= 11 is 0. The lowest BCUT2D eigenvalue weighted by atomic mass is 9.96. The number of hydrogen-bond donors (Lipinski definition) is 1. The van der Waals surface area contributed by atoms with Crippen molar-refractivity contribution in [1.29, 1.82) is 0 Å². The summed E-state index contributed by atoms with van der Waals surface area (Å²) < 4.78 is 0. The average molecular weight is 190 g/mol. The maximum atomic E-state index is 10.9. The van der Waals surface area contributed by atoms with Crippen molar-refractivity contribution < 1.29 is 9.90 Å². The fourth-order valence-corrected chi connectivity index (χ4v) is 2.32. The van der Waals surface area contributed by atoms with Gasteiger partial charge in [0.2, 0.25) is 0 Å². The highest BCUT2D eigenvalue weighted by Crippen LogP contribution is 2.35. The minimum atomic E-state index is -0.815. The number of rotatable bonds is 1. The molecule has 1 aliphatic rings. The Kier molecular flexibility index (Phi) is 2.06. The van der Waals surface area contributed by atoms with E-state index in [0.29, 0.717) is 11.5 Å². The summed E-state index contributed by atoms with van der Waals surface area (Å²) in [5, 5.41) is 8.96. The van der Waals surface area contributed by atoms with E-state index in [1.54, 1.807) is 6.07 Å². The molecule has 14 heavy (non-hydrogen) atoms. The Balaban J connectivity index is 2.58. The molecule has 2 heteroatoms. The van der Waals surface area contributed by atoms with E-state index in [1.165, 1.54) is 11.1 Å². The maximum Gasteiger partial charge on any atom is 0.335 e. The topological polar surface area (TPSA) is 37.3 Å². The molecule has 0 radical (unpaired) electrons. The Labute approximate surface area is 83.6 Å². The third-order valence-corrected chi connectivity index (χ3v) is 3.22. The second kappa shape index (κ2) is 3.12. The minimum Gasteiger partial charge on any atom is -0.478 e. The highest BCUT2D eigenvalue weighted by Gasteiger charge is 2.22. The molecule has 1 N–H and O–H groups in total. The summed E-state index contributed by atoms with van der Waals surface area (Å²) in [5.74, 6) is -0.226.